The Morgan fingerprint density at radius 1 is 0.871 bits per heavy atom. The molecule has 5 atom stereocenters. The van der Waals surface area contributed by atoms with E-state index in [4.69, 9.17) is 17.3 Å². The molecule has 1 aliphatic heterocycles. The average Bonchev–Trinajstić information content (AvgIpc) is 3.26. The minimum atomic E-state index is -1.47. The van der Waals surface area contributed by atoms with Crippen LogP contribution in [0.5, 0.6) is 11.5 Å². The Kier molecular flexibility index (Phi) is 16.0. The predicted molar refractivity (Wildman–Crippen MR) is 238 cm³/mol. The van der Waals surface area contributed by atoms with Gasteiger partial charge in [0.05, 0.1) is 6.04 Å². The molecule has 4 bridgehead atoms. The molecule has 4 aromatic rings. The van der Waals surface area contributed by atoms with Crippen molar-refractivity contribution < 1.29 is 46.8 Å². The van der Waals surface area contributed by atoms with E-state index < -0.39 is 71.5 Å². The number of hydrogen-bond acceptors (Lipinski definition) is 11. The van der Waals surface area contributed by atoms with Crippen molar-refractivity contribution in [2.45, 2.75) is 69.7 Å². The van der Waals surface area contributed by atoms with Crippen LogP contribution in [0.25, 0.3) is 22.3 Å². The number of nitrogens with one attached hydrogen (secondary N) is 4. The van der Waals surface area contributed by atoms with Gasteiger partial charge < -0.3 is 45.2 Å². The van der Waals surface area contributed by atoms with Crippen molar-refractivity contribution in [3.05, 3.63) is 107 Å². The number of hydrogen-bond donors (Lipinski definition) is 7. The summed E-state index contributed by atoms with van der Waals surface area (Å²) >= 11 is 7.28. The van der Waals surface area contributed by atoms with Gasteiger partial charge in [0.15, 0.2) is 23.0 Å². The van der Waals surface area contributed by atoms with Gasteiger partial charge in [0, 0.05) is 35.2 Å². The maximum atomic E-state index is 14.5. The molecule has 18 heteroatoms. The van der Waals surface area contributed by atoms with Crippen LogP contribution in [0.15, 0.2) is 84.9 Å². The summed E-state index contributed by atoms with van der Waals surface area (Å²) in [5.41, 5.74) is 8.52. The molecule has 0 unspecified atom stereocenters. The maximum absolute atomic E-state index is 14.5. The molecule has 0 aliphatic carbocycles. The van der Waals surface area contributed by atoms with Crippen molar-refractivity contribution in [3.63, 3.8) is 0 Å². The number of benzene rings is 4. The van der Waals surface area contributed by atoms with Gasteiger partial charge in [-0.05, 0) is 110 Å². The first-order valence-corrected chi connectivity index (χ1v) is 20.8. The number of phenols is 2. The summed E-state index contributed by atoms with van der Waals surface area (Å²) in [5.74, 6) is -6.51. The standard InChI is InChI=1S/C44H46ClIN6O10/c1-23(38(55)44(61)62-46)48-41(58)34-21-25-7-17-35(53)31(20-25)32-22-29(14-18-36(32)54)37(42(59)49-24(2)39(56)51-34)52(3)43(60)33(6-4-5-19-47)50-40(57)28-10-8-26(9-11-28)27-12-15-30(45)16-13-27/h7-18,20,22-24,33-34,37,53-54H,4-6,19,21,47H2,1-3H3,(H,48,58)(H,49,59)(H,50,57)(H,51,56)/t23-,24-,33-,34-,37-/m0/s1. The molecular weight excluding hydrogens is 935 g/mol. The highest BCUT2D eigenvalue weighted by atomic mass is 127. The van der Waals surface area contributed by atoms with Gasteiger partial charge in [-0.15, -0.1) is 0 Å². The van der Waals surface area contributed by atoms with E-state index in [1.165, 1.54) is 80.3 Å². The van der Waals surface area contributed by atoms with Crippen molar-refractivity contribution in [3.8, 4) is 33.8 Å². The van der Waals surface area contributed by atoms with Gasteiger partial charge in [-0.25, -0.2) is 4.79 Å². The van der Waals surface area contributed by atoms with Crippen molar-refractivity contribution in [1.29, 1.82) is 0 Å². The number of nitrogens with zero attached hydrogens (tertiary/aromatic N) is 1. The van der Waals surface area contributed by atoms with E-state index in [1.54, 1.807) is 36.4 Å². The van der Waals surface area contributed by atoms with Crippen molar-refractivity contribution in [2.75, 3.05) is 13.6 Å². The lowest BCUT2D eigenvalue weighted by Gasteiger charge is -2.32. The largest absolute Gasteiger partial charge is 0.507 e. The third kappa shape index (κ3) is 11.4. The monoisotopic (exact) mass is 980 g/mol. The van der Waals surface area contributed by atoms with Crippen molar-refractivity contribution in [1.82, 2.24) is 26.2 Å². The van der Waals surface area contributed by atoms with Crippen LogP contribution in [-0.2, 0) is 38.3 Å². The number of carbonyl (C=O) groups excluding carboxylic acids is 7. The number of carbonyl (C=O) groups is 7. The van der Waals surface area contributed by atoms with Crippen molar-refractivity contribution >= 4 is 75.9 Å². The molecule has 16 nitrogen and oxygen atoms in total. The molecule has 0 spiro atoms. The topological polar surface area (TPSA) is 247 Å². The van der Waals surface area contributed by atoms with Crippen LogP contribution in [0.3, 0.4) is 0 Å². The normalized spacial score (nSPS) is 17.2. The van der Waals surface area contributed by atoms with Gasteiger partial charge in [0.25, 0.3) is 11.7 Å². The Labute approximate surface area is 376 Å². The molecule has 8 N–H and O–H groups in total. The smallest absolute Gasteiger partial charge is 0.386 e. The highest BCUT2D eigenvalue weighted by Gasteiger charge is 2.36. The minimum absolute atomic E-state index is 0.0713. The molecule has 0 saturated heterocycles. The lowest BCUT2D eigenvalue weighted by molar-refractivity contribution is -0.146. The number of halogens is 2. The molecule has 0 radical (unpaired) electrons. The molecule has 0 fully saturated rings. The number of fused-ring (bicyclic) bond motifs is 5. The zero-order valence-electron chi connectivity index (χ0n) is 33.9. The fraction of sp³-hybridized carbons (Fsp3) is 0.295. The molecule has 1 heterocycles. The summed E-state index contributed by atoms with van der Waals surface area (Å²) in [7, 11) is 1.37. The molecule has 0 saturated carbocycles. The van der Waals surface area contributed by atoms with Crippen LogP contribution >= 0.6 is 34.6 Å². The number of amides is 5. The number of unbranched alkanes of at least 4 members (excludes halogenated alkanes) is 1. The molecule has 0 aromatic heterocycles. The maximum Gasteiger partial charge on any atom is 0.386 e. The molecule has 4 aromatic carbocycles. The van der Waals surface area contributed by atoms with Crippen LogP contribution in [0.4, 0.5) is 0 Å². The first-order valence-electron chi connectivity index (χ1n) is 19.6. The molecule has 5 amide bonds. The van der Waals surface area contributed by atoms with Crippen LogP contribution < -0.4 is 27.0 Å². The Morgan fingerprint density at radius 3 is 2.11 bits per heavy atom. The average molecular weight is 981 g/mol. The van der Waals surface area contributed by atoms with E-state index in [9.17, 15) is 43.8 Å². The number of Topliss-reactive ketones (excluding diaryl/α,β-unsaturated/α-hetero) is 1. The van der Waals surface area contributed by atoms with Gasteiger partial charge in [0.1, 0.15) is 35.7 Å². The summed E-state index contributed by atoms with van der Waals surface area (Å²) < 4.78 is 4.44. The third-order valence-corrected chi connectivity index (χ3v) is 11.0. The quantitative estimate of drug-likeness (QED) is 0.0573. The summed E-state index contributed by atoms with van der Waals surface area (Å²) in [4.78, 5) is 95.2. The second-order valence-electron chi connectivity index (χ2n) is 14.8. The first kappa shape index (κ1) is 47.0. The Bertz CT molecular complexity index is 2350. The molecule has 326 valence electrons. The summed E-state index contributed by atoms with van der Waals surface area (Å²) in [5, 5.41) is 33.2. The molecule has 1 aliphatic rings. The summed E-state index contributed by atoms with van der Waals surface area (Å²) in [6, 6.07) is 15.8. The lowest BCUT2D eigenvalue weighted by Crippen LogP contribution is -2.57. The number of nitrogens with two attached hydrogens (primary N) is 1. The van der Waals surface area contributed by atoms with E-state index in [1.807, 2.05) is 12.1 Å². The minimum Gasteiger partial charge on any atom is -0.507 e. The van der Waals surface area contributed by atoms with Gasteiger partial charge in [-0.3, -0.25) is 28.8 Å². The van der Waals surface area contributed by atoms with Crippen LogP contribution in [-0.4, -0.2) is 94.2 Å². The van der Waals surface area contributed by atoms with Crippen LogP contribution in [0.2, 0.25) is 5.02 Å². The Hall–Kier alpha value is -6.05. The Morgan fingerprint density at radius 2 is 1.48 bits per heavy atom. The van der Waals surface area contributed by atoms with Crippen LogP contribution in [0.1, 0.15) is 60.6 Å². The second-order valence-corrected chi connectivity index (χ2v) is 15.7. The number of rotatable bonds is 13. The highest BCUT2D eigenvalue weighted by molar-refractivity contribution is 14.1. The lowest BCUT2D eigenvalue weighted by atomic mass is 9.93. The molecule has 5 rings (SSSR count). The number of likely N-dealkylation sites (N-methyl/N-ethyl adjacent to an activating group) is 1. The Balaban J connectivity index is 1.49. The molecular formula is C44H46ClIN6O10. The van der Waals surface area contributed by atoms with Gasteiger partial charge in [-0.2, -0.15) is 0 Å². The highest BCUT2D eigenvalue weighted by Crippen LogP contribution is 2.39. The summed E-state index contributed by atoms with van der Waals surface area (Å²) in [6.45, 7) is 2.96. The predicted octanol–water partition coefficient (Wildman–Crippen LogP) is 4.02. The van der Waals surface area contributed by atoms with E-state index in [0.717, 1.165) is 16.0 Å². The summed E-state index contributed by atoms with van der Waals surface area (Å²) in [6.07, 6.45) is 0.968. The number of phenolic OH excluding ortho intramolecular Hbond substituents is 2. The molecule has 62 heavy (non-hydrogen) atoms. The van der Waals surface area contributed by atoms with E-state index in [2.05, 4.69) is 24.3 Å². The second kappa shape index (κ2) is 21.2. The van der Waals surface area contributed by atoms with Gasteiger partial charge >= 0.3 is 5.97 Å². The van der Waals surface area contributed by atoms with E-state index in [0.29, 0.717) is 30.0 Å². The van der Waals surface area contributed by atoms with Gasteiger partial charge in [-0.1, -0.05) is 48.0 Å². The van der Waals surface area contributed by atoms with E-state index >= 15 is 0 Å². The van der Waals surface area contributed by atoms with Crippen molar-refractivity contribution in [2.24, 2.45) is 5.73 Å². The van der Waals surface area contributed by atoms with Gasteiger partial charge in [0.2, 0.25) is 23.6 Å². The zero-order valence-corrected chi connectivity index (χ0v) is 36.9. The van der Waals surface area contributed by atoms with Crippen LogP contribution in [0, 0.1) is 0 Å². The third-order valence-electron chi connectivity index (χ3n) is 10.4. The SMILES string of the molecule is C[C@@H]1NC(=O)[C@@H](N(C)C(=O)[C@H](CCCCN)NC(=O)c2ccc(-c3ccc(Cl)cc3)cc2)c2ccc(O)c(c2)-c2cc(ccc2O)C[C@@H](C(=O)N[C@@H](C)C(=O)C(=O)OI)NC1=O. The van der Waals surface area contributed by atoms with E-state index in [-0.39, 0.29) is 46.6 Å². The first-order chi connectivity index (χ1) is 29.5. The number of aromatic hydroxyl groups is 2. The number of ketones is 1. The zero-order chi connectivity index (χ0) is 45.2. The fourth-order valence-electron chi connectivity index (χ4n) is 6.93. The fourth-order valence-corrected chi connectivity index (χ4v) is 7.27.